The van der Waals surface area contributed by atoms with E-state index >= 15 is 0 Å². The summed E-state index contributed by atoms with van der Waals surface area (Å²) in [5, 5.41) is 24.8. The maximum Gasteiger partial charge on any atom is 0.573 e. The Morgan fingerprint density at radius 1 is 1.28 bits per heavy atom. The number of alkyl halides is 3. The van der Waals surface area contributed by atoms with Gasteiger partial charge in [-0.1, -0.05) is 0 Å². The largest absolute Gasteiger partial charge is 0.573 e. The average Bonchev–Trinajstić information content (AvgIpc) is 3.12. The summed E-state index contributed by atoms with van der Waals surface area (Å²) in [6.45, 7) is 2.80. The van der Waals surface area contributed by atoms with Crippen LogP contribution in [0.2, 0.25) is 0 Å². The van der Waals surface area contributed by atoms with Crippen LogP contribution < -0.4 is 15.3 Å². The third-order valence-corrected chi connectivity index (χ3v) is 6.39. The van der Waals surface area contributed by atoms with Gasteiger partial charge in [0.25, 0.3) is 0 Å². The van der Waals surface area contributed by atoms with Crippen LogP contribution in [0.4, 0.5) is 13.2 Å². The van der Waals surface area contributed by atoms with Crippen molar-refractivity contribution in [3.05, 3.63) is 35.2 Å². The summed E-state index contributed by atoms with van der Waals surface area (Å²) in [5.41, 5.74) is 4.54. The molecule has 0 atom stereocenters. The van der Waals surface area contributed by atoms with Crippen LogP contribution in [-0.2, 0) is 4.79 Å². The number of halogens is 3. The van der Waals surface area contributed by atoms with Crippen molar-refractivity contribution >= 4 is 40.3 Å². The summed E-state index contributed by atoms with van der Waals surface area (Å²) < 4.78 is 40.8. The molecule has 0 unspecified atom stereocenters. The Hall–Kier alpha value is -2.86. The highest BCUT2D eigenvalue weighted by atomic mass is 32.1. The van der Waals surface area contributed by atoms with Gasteiger partial charge >= 0.3 is 12.3 Å². The van der Waals surface area contributed by atoms with Crippen LogP contribution in [0.25, 0.3) is 10.4 Å². The molecule has 1 aromatic carbocycles. The van der Waals surface area contributed by atoms with Crippen molar-refractivity contribution in [1.82, 2.24) is 10.3 Å². The van der Waals surface area contributed by atoms with E-state index in [1.54, 1.807) is 12.3 Å². The number of carbonyl (C=O) groups is 1. The number of aromatic hydroxyl groups is 1. The van der Waals surface area contributed by atoms with Gasteiger partial charge in [0.05, 0.1) is 16.4 Å². The number of hydrogen-bond donors (Lipinski definition) is 4. The molecule has 2 heterocycles. The fraction of sp³-hybridized carbons (Fsp3) is 0.350. The Bertz CT molecular complexity index is 1010. The average molecular weight is 489 g/mol. The van der Waals surface area contributed by atoms with Gasteiger partial charge in [-0.2, -0.15) is 0 Å². The predicted octanol–water partition coefficient (Wildman–Crippen LogP) is 2.50. The minimum Gasteiger partial charge on any atom is -0.506 e. The first-order valence-electron chi connectivity index (χ1n) is 9.59. The van der Waals surface area contributed by atoms with Gasteiger partial charge in [0, 0.05) is 25.4 Å². The number of likely N-dealkylation sites (tertiary alicyclic amines) is 1. The van der Waals surface area contributed by atoms with Crippen LogP contribution >= 0.6 is 23.6 Å². The maximum atomic E-state index is 12.3. The molecule has 1 saturated heterocycles. The molecule has 172 valence electrons. The summed E-state index contributed by atoms with van der Waals surface area (Å²) in [6.07, 6.45) is -3.74. The van der Waals surface area contributed by atoms with E-state index in [1.807, 2.05) is 4.90 Å². The molecule has 4 N–H and O–H groups in total. The molecule has 1 aliphatic rings. The Morgan fingerprint density at radius 2 is 1.91 bits per heavy atom. The van der Waals surface area contributed by atoms with Gasteiger partial charge in [-0.05, 0) is 54.9 Å². The lowest BCUT2D eigenvalue weighted by molar-refractivity contribution is -0.506. The van der Waals surface area contributed by atoms with Crippen molar-refractivity contribution in [3.63, 3.8) is 0 Å². The van der Waals surface area contributed by atoms with Gasteiger partial charge < -0.3 is 19.8 Å². The molecule has 0 amide bonds. The molecule has 1 fully saturated rings. The van der Waals surface area contributed by atoms with Crippen LogP contribution in [0.3, 0.4) is 0 Å². The van der Waals surface area contributed by atoms with E-state index in [1.165, 1.54) is 35.6 Å². The zero-order valence-corrected chi connectivity index (χ0v) is 18.5. The Labute approximate surface area is 191 Å². The quantitative estimate of drug-likeness (QED) is 0.292. The molecule has 1 aliphatic heterocycles. The lowest BCUT2D eigenvalue weighted by Gasteiger charge is -2.30. The molecule has 3 rings (SSSR count). The number of benzene rings is 1. The van der Waals surface area contributed by atoms with Crippen molar-refractivity contribution < 1.29 is 38.0 Å². The number of hydrazone groups is 1. The monoisotopic (exact) mass is 488 g/mol. The number of carboxylic acids is 1. The van der Waals surface area contributed by atoms with Crippen molar-refractivity contribution in [2.75, 3.05) is 13.1 Å². The number of carboxylic acid groups (broad SMARTS) is 1. The second-order valence-corrected chi connectivity index (χ2v) is 8.45. The van der Waals surface area contributed by atoms with Gasteiger partial charge in [0.1, 0.15) is 11.5 Å². The highest BCUT2D eigenvalue weighted by Gasteiger charge is 2.31. The number of rotatable bonds is 5. The van der Waals surface area contributed by atoms with Crippen LogP contribution in [0.15, 0.2) is 29.6 Å². The molecule has 7 nitrogen and oxygen atoms in total. The lowest BCUT2D eigenvalue weighted by atomic mass is 9.97. The smallest absolute Gasteiger partial charge is 0.506 e. The molecular formula is C20H21F3N3O4S2+. The SMILES string of the molecule is C/C(=[NH+]\NC(=S)N1CCC(C(=O)O)CC1)c1csc(-c2ccc(OC(F)(F)F)cc2)c1O. The maximum absolute atomic E-state index is 12.3. The van der Waals surface area contributed by atoms with Gasteiger partial charge in [0.2, 0.25) is 10.8 Å². The molecule has 2 aromatic rings. The normalized spacial score (nSPS) is 15.5. The Balaban J connectivity index is 1.64. The fourth-order valence-electron chi connectivity index (χ4n) is 3.25. The van der Waals surface area contributed by atoms with E-state index in [0.29, 0.717) is 52.8 Å². The van der Waals surface area contributed by atoms with Crippen molar-refractivity contribution in [2.24, 2.45) is 5.92 Å². The summed E-state index contributed by atoms with van der Waals surface area (Å²) in [7, 11) is 0. The van der Waals surface area contributed by atoms with Crippen LogP contribution in [0.5, 0.6) is 11.5 Å². The number of thiophene rings is 1. The van der Waals surface area contributed by atoms with Crippen LogP contribution in [0.1, 0.15) is 25.3 Å². The molecule has 0 bridgehead atoms. The molecule has 0 radical (unpaired) electrons. The second-order valence-electron chi connectivity index (χ2n) is 7.18. The summed E-state index contributed by atoms with van der Waals surface area (Å²) in [5.74, 6) is -1.51. The molecule has 1 aromatic heterocycles. The molecule has 0 saturated carbocycles. The van der Waals surface area contributed by atoms with Crippen LogP contribution in [0, 0.1) is 5.92 Å². The van der Waals surface area contributed by atoms with Crippen molar-refractivity contribution in [2.45, 2.75) is 26.1 Å². The van der Waals surface area contributed by atoms with E-state index in [0.717, 1.165) is 0 Å². The number of hydrogen-bond acceptors (Lipinski definition) is 5. The first-order chi connectivity index (χ1) is 15.0. The molecule has 0 aliphatic carbocycles. The zero-order valence-electron chi connectivity index (χ0n) is 16.9. The van der Waals surface area contributed by atoms with E-state index in [4.69, 9.17) is 17.3 Å². The minimum absolute atomic E-state index is 0.0144. The molecule has 0 spiro atoms. The highest BCUT2D eigenvalue weighted by molar-refractivity contribution is 7.80. The number of ether oxygens (including phenoxy) is 1. The van der Waals surface area contributed by atoms with E-state index < -0.39 is 12.3 Å². The van der Waals surface area contributed by atoms with E-state index in [2.05, 4.69) is 15.3 Å². The first kappa shape index (κ1) is 23.8. The third-order valence-electron chi connectivity index (χ3n) is 5.01. The molecule has 32 heavy (non-hydrogen) atoms. The lowest BCUT2D eigenvalue weighted by Crippen LogP contribution is -2.85. The Kier molecular flexibility index (Phi) is 7.24. The zero-order chi connectivity index (χ0) is 23.5. The first-order valence-corrected chi connectivity index (χ1v) is 10.9. The number of thiocarbonyl (C=S) groups is 1. The predicted molar refractivity (Wildman–Crippen MR) is 117 cm³/mol. The Morgan fingerprint density at radius 3 is 2.47 bits per heavy atom. The molecular weight excluding hydrogens is 467 g/mol. The highest BCUT2D eigenvalue weighted by Crippen LogP contribution is 2.39. The van der Waals surface area contributed by atoms with Crippen molar-refractivity contribution in [1.29, 1.82) is 0 Å². The van der Waals surface area contributed by atoms with Gasteiger partial charge in [-0.25, -0.2) is 0 Å². The number of aliphatic carboxylic acids is 1. The number of nitrogens with zero attached hydrogens (tertiary/aromatic N) is 1. The van der Waals surface area contributed by atoms with Crippen molar-refractivity contribution in [3.8, 4) is 21.9 Å². The fourth-order valence-corrected chi connectivity index (χ4v) is 4.51. The summed E-state index contributed by atoms with van der Waals surface area (Å²) in [4.78, 5) is 13.4. The number of hydrazine groups is 1. The van der Waals surface area contributed by atoms with E-state index in [9.17, 15) is 23.1 Å². The number of nitrogens with one attached hydrogen (secondary N) is 2. The van der Waals surface area contributed by atoms with Crippen LogP contribution in [-0.4, -0.2) is 51.4 Å². The molecule has 12 heteroatoms. The standard InChI is InChI=1S/C20H20F3N3O4S2/c1-11(24-25-19(31)26-8-6-13(7-9-26)18(28)29)15-10-32-17(16(15)27)12-2-4-14(5-3-12)30-20(21,22)23/h2-5,10,13,27H,6-9H2,1H3,(H,25,31)(H,28,29)/p+1/b24-11+. The van der Waals surface area contributed by atoms with E-state index in [-0.39, 0.29) is 17.4 Å². The second kappa shape index (κ2) is 9.74. The number of piperidine rings is 1. The summed E-state index contributed by atoms with van der Waals surface area (Å²) >= 11 is 6.59. The minimum atomic E-state index is -4.77. The summed E-state index contributed by atoms with van der Waals surface area (Å²) in [6, 6.07) is 5.24. The van der Waals surface area contributed by atoms with Gasteiger partial charge in [-0.15, -0.1) is 35.0 Å². The van der Waals surface area contributed by atoms with Gasteiger partial charge in [-0.3, -0.25) is 4.79 Å². The topological polar surface area (TPSA) is 96.0 Å². The van der Waals surface area contributed by atoms with Gasteiger partial charge in [0.15, 0.2) is 0 Å². The third kappa shape index (κ3) is 5.88.